The van der Waals surface area contributed by atoms with Crippen molar-refractivity contribution in [1.29, 1.82) is 0 Å². The first kappa shape index (κ1) is 15.1. The number of carbonyl (C=O) groups is 2. The molecule has 6 nitrogen and oxygen atoms in total. The molecule has 0 saturated carbocycles. The SMILES string of the molecule is Cc1ccc(CSCC(=O)Nc2cc(C(=O)O)[nH]n2)cc1. The summed E-state index contributed by atoms with van der Waals surface area (Å²) in [6, 6.07) is 9.42. The molecule has 7 heteroatoms. The maximum Gasteiger partial charge on any atom is 0.353 e. The number of hydrogen-bond donors (Lipinski definition) is 3. The monoisotopic (exact) mass is 305 g/mol. The largest absolute Gasteiger partial charge is 0.477 e. The second-order valence-corrected chi connectivity index (χ2v) is 5.48. The molecule has 0 unspecified atom stereocenters. The van der Waals surface area contributed by atoms with Crippen LogP contribution in [-0.2, 0) is 10.5 Å². The molecule has 2 rings (SSSR count). The standard InChI is InChI=1S/C14H15N3O3S/c1-9-2-4-10(5-3-9)7-21-8-13(18)15-12-6-11(14(19)20)16-17-12/h2-6H,7-8H2,1H3,(H,19,20)(H2,15,16,17,18). The molecule has 0 aliphatic rings. The van der Waals surface area contributed by atoms with Crippen LogP contribution in [0.1, 0.15) is 21.6 Å². The Balaban J connectivity index is 1.76. The molecule has 3 N–H and O–H groups in total. The van der Waals surface area contributed by atoms with E-state index in [1.54, 1.807) is 0 Å². The van der Waals surface area contributed by atoms with Crippen LogP contribution in [0.25, 0.3) is 0 Å². The van der Waals surface area contributed by atoms with E-state index in [1.165, 1.54) is 23.4 Å². The van der Waals surface area contributed by atoms with Crippen LogP contribution >= 0.6 is 11.8 Å². The topological polar surface area (TPSA) is 95.1 Å². The Labute approximate surface area is 126 Å². The third-order valence-corrected chi connectivity index (χ3v) is 3.70. The van der Waals surface area contributed by atoms with Gasteiger partial charge >= 0.3 is 5.97 Å². The molecule has 0 radical (unpaired) electrons. The molecular formula is C14H15N3O3S. The lowest BCUT2D eigenvalue weighted by molar-refractivity contribution is -0.113. The average molecular weight is 305 g/mol. The number of nitrogens with zero attached hydrogens (tertiary/aromatic N) is 1. The van der Waals surface area contributed by atoms with E-state index in [-0.39, 0.29) is 23.2 Å². The molecule has 1 aromatic heterocycles. The van der Waals surface area contributed by atoms with Gasteiger partial charge in [0.05, 0.1) is 5.75 Å². The first-order valence-electron chi connectivity index (χ1n) is 6.26. The van der Waals surface area contributed by atoms with Crippen LogP contribution in [0.15, 0.2) is 30.3 Å². The summed E-state index contributed by atoms with van der Waals surface area (Å²) in [7, 11) is 0. The van der Waals surface area contributed by atoms with Crippen LogP contribution in [0.4, 0.5) is 5.82 Å². The molecule has 2 aromatic rings. The molecule has 21 heavy (non-hydrogen) atoms. The van der Waals surface area contributed by atoms with Gasteiger partial charge in [-0.15, -0.1) is 11.8 Å². The number of aryl methyl sites for hydroxylation is 1. The molecule has 1 heterocycles. The van der Waals surface area contributed by atoms with Crippen molar-refractivity contribution < 1.29 is 14.7 Å². The highest BCUT2D eigenvalue weighted by molar-refractivity contribution is 7.99. The number of carbonyl (C=O) groups excluding carboxylic acids is 1. The number of carboxylic acids is 1. The molecule has 0 saturated heterocycles. The Hall–Kier alpha value is -2.28. The number of thioether (sulfide) groups is 1. The quantitative estimate of drug-likeness (QED) is 0.761. The summed E-state index contributed by atoms with van der Waals surface area (Å²) in [5.41, 5.74) is 2.30. The van der Waals surface area contributed by atoms with E-state index >= 15 is 0 Å². The number of amides is 1. The van der Waals surface area contributed by atoms with Gasteiger partial charge in [0, 0.05) is 11.8 Å². The number of rotatable bonds is 6. The Morgan fingerprint density at radius 3 is 2.67 bits per heavy atom. The molecule has 0 aliphatic heterocycles. The van der Waals surface area contributed by atoms with Crippen LogP contribution in [0.2, 0.25) is 0 Å². The molecular weight excluding hydrogens is 290 g/mol. The normalized spacial score (nSPS) is 10.3. The van der Waals surface area contributed by atoms with Gasteiger partial charge < -0.3 is 10.4 Å². The number of anilines is 1. The van der Waals surface area contributed by atoms with Crippen molar-refractivity contribution in [3.8, 4) is 0 Å². The minimum Gasteiger partial charge on any atom is -0.477 e. The van der Waals surface area contributed by atoms with Crippen LogP contribution in [0.5, 0.6) is 0 Å². The Kier molecular flexibility index (Phi) is 4.99. The Morgan fingerprint density at radius 2 is 2.05 bits per heavy atom. The lowest BCUT2D eigenvalue weighted by atomic mass is 10.2. The lowest BCUT2D eigenvalue weighted by Gasteiger charge is -2.03. The van der Waals surface area contributed by atoms with E-state index < -0.39 is 5.97 Å². The summed E-state index contributed by atoms with van der Waals surface area (Å²) >= 11 is 1.49. The highest BCUT2D eigenvalue weighted by Crippen LogP contribution is 2.13. The fraction of sp³-hybridized carbons (Fsp3) is 0.214. The zero-order valence-electron chi connectivity index (χ0n) is 11.4. The van der Waals surface area contributed by atoms with Crippen molar-refractivity contribution in [3.05, 3.63) is 47.2 Å². The van der Waals surface area contributed by atoms with Crippen molar-refractivity contribution >= 4 is 29.5 Å². The van der Waals surface area contributed by atoms with E-state index in [9.17, 15) is 9.59 Å². The molecule has 0 atom stereocenters. The number of H-pyrrole nitrogens is 1. The highest BCUT2D eigenvalue weighted by atomic mass is 32.2. The number of nitrogens with one attached hydrogen (secondary N) is 2. The fourth-order valence-electron chi connectivity index (χ4n) is 1.62. The summed E-state index contributed by atoms with van der Waals surface area (Å²) in [5, 5.41) is 17.3. The van der Waals surface area contributed by atoms with Crippen molar-refractivity contribution in [2.75, 3.05) is 11.1 Å². The third-order valence-electron chi connectivity index (χ3n) is 2.70. The van der Waals surface area contributed by atoms with Gasteiger partial charge in [-0.1, -0.05) is 29.8 Å². The van der Waals surface area contributed by atoms with Crippen molar-refractivity contribution in [2.45, 2.75) is 12.7 Å². The molecule has 1 amide bonds. The summed E-state index contributed by atoms with van der Waals surface area (Å²) < 4.78 is 0. The van der Waals surface area contributed by atoms with Gasteiger partial charge in [0.2, 0.25) is 5.91 Å². The Morgan fingerprint density at radius 1 is 1.33 bits per heavy atom. The molecule has 1 aromatic carbocycles. The number of aromatic amines is 1. The molecule has 110 valence electrons. The van der Waals surface area contributed by atoms with Gasteiger partial charge in [0.25, 0.3) is 0 Å². The Bertz CT molecular complexity index is 637. The maximum absolute atomic E-state index is 11.7. The number of hydrogen-bond acceptors (Lipinski definition) is 4. The molecule has 0 spiro atoms. The van der Waals surface area contributed by atoms with Crippen LogP contribution in [0.3, 0.4) is 0 Å². The van der Waals surface area contributed by atoms with Crippen LogP contribution in [0, 0.1) is 6.92 Å². The number of aromatic nitrogens is 2. The maximum atomic E-state index is 11.7. The third kappa shape index (κ3) is 4.64. The summed E-state index contributed by atoms with van der Waals surface area (Å²) in [6.07, 6.45) is 0. The van der Waals surface area contributed by atoms with E-state index in [2.05, 4.69) is 15.5 Å². The minimum absolute atomic E-state index is 0.0578. The van der Waals surface area contributed by atoms with Gasteiger partial charge in [0.15, 0.2) is 5.82 Å². The summed E-state index contributed by atoms with van der Waals surface area (Å²) in [5.74, 6) is -0.0849. The lowest BCUT2D eigenvalue weighted by Crippen LogP contribution is -2.14. The average Bonchev–Trinajstić information content (AvgIpc) is 2.90. The zero-order valence-corrected chi connectivity index (χ0v) is 12.2. The van der Waals surface area contributed by atoms with Crippen molar-refractivity contribution in [3.63, 3.8) is 0 Å². The number of benzene rings is 1. The predicted molar refractivity (Wildman–Crippen MR) is 81.5 cm³/mol. The van der Waals surface area contributed by atoms with Crippen molar-refractivity contribution in [1.82, 2.24) is 10.2 Å². The van der Waals surface area contributed by atoms with E-state index in [1.807, 2.05) is 31.2 Å². The molecule has 0 aliphatic carbocycles. The van der Waals surface area contributed by atoms with Gasteiger partial charge in [-0.3, -0.25) is 9.89 Å². The fourth-order valence-corrected chi connectivity index (χ4v) is 2.41. The van der Waals surface area contributed by atoms with Crippen LogP contribution < -0.4 is 5.32 Å². The smallest absolute Gasteiger partial charge is 0.353 e. The zero-order chi connectivity index (χ0) is 15.2. The highest BCUT2D eigenvalue weighted by Gasteiger charge is 2.10. The predicted octanol–water partition coefficient (Wildman–Crippen LogP) is 2.29. The van der Waals surface area contributed by atoms with Gasteiger partial charge in [-0.05, 0) is 12.5 Å². The molecule has 0 fully saturated rings. The van der Waals surface area contributed by atoms with Gasteiger partial charge in [-0.25, -0.2) is 4.79 Å². The van der Waals surface area contributed by atoms with E-state index in [4.69, 9.17) is 5.11 Å². The first-order valence-corrected chi connectivity index (χ1v) is 7.42. The van der Waals surface area contributed by atoms with Crippen molar-refractivity contribution in [2.24, 2.45) is 0 Å². The van der Waals surface area contributed by atoms with Gasteiger partial charge in [0.1, 0.15) is 5.69 Å². The summed E-state index contributed by atoms with van der Waals surface area (Å²) in [6.45, 7) is 2.03. The number of carboxylic acid groups (broad SMARTS) is 1. The van der Waals surface area contributed by atoms with Gasteiger partial charge in [-0.2, -0.15) is 5.10 Å². The van der Waals surface area contributed by atoms with E-state index in [0.29, 0.717) is 0 Å². The number of aromatic carboxylic acids is 1. The molecule has 0 bridgehead atoms. The summed E-state index contributed by atoms with van der Waals surface area (Å²) in [4.78, 5) is 22.4. The second kappa shape index (κ2) is 6.94. The minimum atomic E-state index is -1.11. The second-order valence-electron chi connectivity index (χ2n) is 4.50. The van der Waals surface area contributed by atoms with E-state index in [0.717, 1.165) is 11.3 Å². The van der Waals surface area contributed by atoms with Crippen LogP contribution in [-0.4, -0.2) is 32.9 Å². The first-order chi connectivity index (χ1) is 10.0.